The van der Waals surface area contributed by atoms with Crippen LogP contribution in [0.2, 0.25) is 0 Å². The van der Waals surface area contributed by atoms with E-state index in [4.69, 9.17) is 4.74 Å². The highest BCUT2D eigenvalue weighted by Crippen LogP contribution is 2.52. The molecule has 0 aromatic heterocycles. The largest absolute Gasteiger partial charge is 0.393 e. The normalized spacial score (nSPS) is 33.2. The van der Waals surface area contributed by atoms with Gasteiger partial charge in [-0.3, -0.25) is 0 Å². The van der Waals surface area contributed by atoms with Gasteiger partial charge in [0.1, 0.15) is 0 Å². The zero-order chi connectivity index (χ0) is 9.31. The van der Waals surface area contributed by atoms with Crippen LogP contribution in [0.25, 0.3) is 0 Å². The van der Waals surface area contributed by atoms with Gasteiger partial charge in [0.2, 0.25) is 0 Å². The summed E-state index contributed by atoms with van der Waals surface area (Å²) in [5.41, 5.74) is 0.284. The topological polar surface area (TPSA) is 29.5 Å². The van der Waals surface area contributed by atoms with Crippen molar-refractivity contribution >= 4 is 0 Å². The van der Waals surface area contributed by atoms with Crippen LogP contribution in [-0.2, 0) is 4.74 Å². The first kappa shape index (κ1) is 9.47. The molecule has 76 valence electrons. The van der Waals surface area contributed by atoms with E-state index >= 15 is 0 Å². The van der Waals surface area contributed by atoms with E-state index in [1.807, 2.05) is 6.92 Å². The molecule has 2 atom stereocenters. The van der Waals surface area contributed by atoms with E-state index in [9.17, 15) is 5.11 Å². The smallest absolute Gasteiger partial charge is 0.0576 e. The fourth-order valence-electron chi connectivity index (χ4n) is 2.36. The molecule has 0 bridgehead atoms. The van der Waals surface area contributed by atoms with E-state index in [1.54, 1.807) is 0 Å². The maximum atomic E-state index is 9.58. The van der Waals surface area contributed by atoms with E-state index < -0.39 is 0 Å². The van der Waals surface area contributed by atoms with Crippen LogP contribution in [0.3, 0.4) is 0 Å². The summed E-state index contributed by atoms with van der Waals surface area (Å²) < 4.78 is 5.57. The Morgan fingerprint density at radius 2 is 2.31 bits per heavy atom. The first-order valence-corrected chi connectivity index (χ1v) is 5.53. The van der Waals surface area contributed by atoms with Crippen LogP contribution in [0.15, 0.2) is 0 Å². The summed E-state index contributed by atoms with van der Waals surface area (Å²) >= 11 is 0. The van der Waals surface area contributed by atoms with Crippen molar-refractivity contribution in [1.29, 1.82) is 0 Å². The Kier molecular flexibility index (Phi) is 2.61. The highest BCUT2D eigenvalue weighted by molar-refractivity contribution is 4.97. The number of aliphatic hydroxyl groups is 1. The Bertz CT molecular complexity index is 167. The molecule has 2 heteroatoms. The molecule has 1 saturated heterocycles. The minimum atomic E-state index is -0.117. The highest BCUT2D eigenvalue weighted by Gasteiger charge is 2.46. The Morgan fingerprint density at radius 3 is 2.77 bits per heavy atom. The Balaban J connectivity index is 1.72. The second-order valence-electron chi connectivity index (χ2n) is 4.71. The molecule has 2 unspecified atom stereocenters. The third-order valence-electron chi connectivity index (χ3n) is 3.77. The lowest BCUT2D eigenvalue weighted by Gasteiger charge is -2.20. The number of rotatable bonds is 4. The van der Waals surface area contributed by atoms with Crippen LogP contribution in [0.4, 0.5) is 0 Å². The van der Waals surface area contributed by atoms with Crippen LogP contribution in [0, 0.1) is 5.41 Å². The van der Waals surface area contributed by atoms with E-state index in [0.717, 1.165) is 19.4 Å². The van der Waals surface area contributed by atoms with Crippen molar-refractivity contribution in [2.75, 3.05) is 6.61 Å². The number of hydrogen-bond donors (Lipinski definition) is 1. The first-order valence-electron chi connectivity index (χ1n) is 5.53. The van der Waals surface area contributed by atoms with Crippen molar-refractivity contribution in [3.05, 3.63) is 0 Å². The zero-order valence-corrected chi connectivity index (χ0v) is 8.46. The molecule has 0 aromatic carbocycles. The van der Waals surface area contributed by atoms with Crippen LogP contribution >= 0.6 is 0 Å². The van der Waals surface area contributed by atoms with Crippen molar-refractivity contribution in [1.82, 2.24) is 0 Å². The molecule has 2 nitrogen and oxygen atoms in total. The Hall–Kier alpha value is -0.0800. The van der Waals surface area contributed by atoms with E-state index in [0.29, 0.717) is 6.10 Å². The van der Waals surface area contributed by atoms with Gasteiger partial charge in [-0.2, -0.15) is 0 Å². The monoisotopic (exact) mass is 184 g/mol. The van der Waals surface area contributed by atoms with E-state index in [-0.39, 0.29) is 11.5 Å². The van der Waals surface area contributed by atoms with Gasteiger partial charge >= 0.3 is 0 Å². The summed E-state index contributed by atoms with van der Waals surface area (Å²) in [4.78, 5) is 0. The molecule has 0 aromatic rings. The molecule has 1 saturated carbocycles. The van der Waals surface area contributed by atoms with Crippen molar-refractivity contribution in [2.45, 2.75) is 57.7 Å². The molecule has 1 heterocycles. The average molecular weight is 184 g/mol. The predicted molar refractivity (Wildman–Crippen MR) is 51.6 cm³/mol. The van der Waals surface area contributed by atoms with Gasteiger partial charge in [-0.25, -0.2) is 0 Å². The Morgan fingerprint density at radius 1 is 1.54 bits per heavy atom. The molecule has 1 N–H and O–H groups in total. The van der Waals surface area contributed by atoms with Crippen LogP contribution in [0.1, 0.15) is 45.4 Å². The standard InChI is InChI=1S/C11H20O2/c1-9(12)11(6-7-11)5-4-10-3-2-8-13-10/h9-10,12H,2-8H2,1H3. The molecule has 0 spiro atoms. The molecule has 1 aliphatic heterocycles. The molecule has 2 rings (SSSR count). The SMILES string of the molecule is CC(O)C1(CCC2CCCO2)CC1. The van der Waals surface area contributed by atoms with E-state index in [2.05, 4.69) is 0 Å². The fraction of sp³-hybridized carbons (Fsp3) is 1.00. The van der Waals surface area contributed by atoms with Gasteiger partial charge in [-0.15, -0.1) is 0 Å². The zero-order valence-electron chi connectivity index (χ0n) is 8.46. The molecule has 13 heavy (non-hydrogen) atoms. The maximum Gasteiger partial charge on any atom is 0.0576 e. The van der Waals surface area contributed by atoms with Crippen molar-refractivity contribution < 1.29 is 9.84 Å². The van der Waals surface area contributed by atoms with Gasteiger partial charge in [0, 0.05) is 6.61 Å². The summed E-state index contributed by atoms with van der Waals surface area (Å²) in [7, 11) is 0. The molecule has 0 radical (unpaired) electrons. The minimum Gasteiger partial charge on any atom is -0.393 e. The van der Waals surface area contributed by atoms with Gasteiger partial charge in [0.05, 0.1) is 12.2 Å². The number of ether oxygens (including phenoxy) is 1. The second-order valence-corrected chi connectivity index (χ2v) is 4.71. The summed E-state index contributed by atoms with van der Waals surface area (Å²) in [6.07, 6.45) is 7.60. The van der Waals surface area contributed by atoms with Crippen LogP contribution < -0.4 is 0 Å². The summed E-state index contributed by atoms with van der Waals surface area (Å²) in [5, 5.41) is 9.58. The lowest BCUT2D eigenvalue weighted by molar-refractivity contribution is 0.0684. The second kappa shape index (κ2) is 3.58. The summed E-state index contributed by atoms with van der Waals surface area (Å²) in [6.45, 7) is 2.88. The van der Waals surface area contributed by atoms with E-state index in [1.165, 1.54) is 25.7 Å². The van der Waals surface area contributed by atoms with Crippen molar-refractivity contribution in [3.63, 3.8) is 0 Å². The first-order chi connectivity index (χ1) is 6.23. The van der Waals surface area contributed by atoms with Gasteiger partial charge in [0.25, 0.3) is 0 Å². The minimum absolute atomic E-state index is 0.117. The summed E-state index contributed by atoms with van der Waals surface area (Å²) in [6, 6.07) is 0. The highest BCUT2D eigenvalue weighted by atomic mass is 16.5. The molecular formula is C11H20O2. The molecule has 2 aliphatic rings. The average Bonchev–Trinajstić information content (AvgIpc) is 2.73. The van der Waals surface area contributed by atoms with Gasteiger partial charge in [0.15, 0.2) is 0 Å². The quantitative estimate of drug-likeness (QED) is 0.725. The van der Waals surface area contributed by atoms with Crippen LogP contribution in [-0.4, -0.2) is 23.9 Å². The molecular weight excluding hydrogens is 164 g/mol. The lowest BCUT2D eigenvalue weighted by atomic mass is 9.92. The van der Waals surface area contributed by atoms with Gasteiger partial charge in [-0.05, 0) is 50.9 Å². The lowest BCUT2D eigenvalue weighted by Crippen LogP contribution is -2.20. The van der Waals surface area contributed by atoms with Crippen molar-refractivity contribution in [3.8, 4) is 0 Å². The molecule has 2 fully saturated rings. The third kappa shape index (κ3) is 2.05. The van der Waals surface area contributed by atoms with Gasteiger partial charge in [-0.1, -0.05) is 0 Å². The third-order valence-corrected chi connectivity index (χ3v) is 3.77. The molecule has 1 aliphatic carbocycles. The summed E-state index contributed by atoms with van der Waals surface area (Å²) in [5.74, 6) is 0. The maximum absolute atomic E-state index is 9.58. The fourth-order valence-corrected chi connectivity index (χ4v) is 2.36. The van der Waals surface area contributed by atoms with Crippen molar-refractivity contribution in [2.24, 2.45) is 5.41 Å². The Labute approximate surface area is 80.3 Å². The predicted octanol–water partition coefficient (Wildman–Crippen LogP) is 2.11. The van der Waals surface area contributed by atoms with Gasteiger partial charge < -0.3 is 9.84 Å². The number of hydrogen-bond acceptors (Lipinski definition) is 2. The number of aliphatic hydroxyl groups excluding tert-OH is 1. The molecule has 0 amide bonds. The van der Waals surface area contributed by atoms with Crippen LogP contribution in [0.5, 0.6) is 0 Å².